The molecule has 2 aromatic rings. The van der Waals surface area contributed by atoms with Crippen LogP contribution in [0, 0.1) is 20.8 Å². The molecular formula is C25H29N3O4. The lowest BCUT2D eigenvalue weighted by Gasteiger charge is -2.19. The summed E-state index contributed by atoms with van der Waals surface area (Å²) in [6.45, 7) is 8.06. The molecule has 2 aromatic carbocycles. The second kappa shape index (κ2) is 9.34. The summed E-state index contributed by atoms with van der Waals surface area (Å²) >= 11 is 0. The summed E-state index contributed by atoms with van der Waals surface area (Å²) in [5.74, 6) is -1.41. The highest BCUT2D eigenvalue weighted by Crippen LogP contribution is 2.25. The van der Waals surface area contributed by atoms with Gasteiger partial charge in [-0.25, -0.2) is 0 Å². The van der Waals surface area contributed by atoms with Gasteiger partial charge in [0.1, 0.15) is 0 Å². The minimum Gasteiger partial charge on any atom is -0.332 e. The number of likely N-dealkylation sites (N-methyl/N-ethyl adjacent to an activating group) is 1. The molecule has 0 radical (unpaired) electrons. The van der Waals surface area contributed by atoms with E-state index in [4.69, 9.17) is 0 Å². The molecule has 0 aromatic heterocycles. The zero-order chi connectivity index (χ0) is 23.6. The summed E-state index contributed by atoms with van der Waals surface area (Å²) in [6, 6.07) is 8.47. The second-order valence-corrected chi connectivity index (χ2v) is 8.36. The summed E-state index contributed by atoms with van der Waals surface area (Å²) < 4.78 is 0. The SMILES string of the molecule is CCCCN1C(=O)c2ccc(C(=O)N(C)CC(=O)Nc3c(C)cc(C)cc3C)cc2C1=O. The topological polar surface area (TPSA) is 86.8 Å². The Labute approximate surface area is 188 Å². The molecule has 4 amide bonds. The number of nitrogens with one attached hydrogen (secondary N) is 1. The Bertz CT molecular complexity index is 1080. The number of carbonyl (C=O) groups excluding carboxylic acids is 4. The molecule has 0 bridgehead atoms. The van der Waals surface area contributed by atoms with Crippen LogP contribution in [0.15, 0.2) is 30.3 Å². The van der Waals surface area contributed by atoms with Crippen LogP contribution in [0.2, 0.25) is 0 Å². The number of unbranched alkanes of at least 4 members (excludes halogenated alkanes) is 1. The van der Waals surface area contributed by atoms with Crippen LogP contribution in [-0.2, 0) is 4.79 Å². The van der Waals surface area contributed by atoms with E-state index in [1.165, 1.54) is 35.0 Å². The number of imide groups is 1. The van der Waals surface area contributed by atoms with Crippen molar-refractivity contribution in [3.05, 3.63) is 63.7 Å². The van der Waals surface area contributed by atoms with Crippen LogP contribution >= 0.6 is 0 Å². The van der Waals surface area contributed by atoms with Crippen molar-refractivity contribution in [3.8, 4) is 0 Å². The van der Waals surface area contributed by atoms with Gasteiger partial charge in [0.2, 0.25) is 5.91 Å². The Kier molecular flexibility index (Phi) is 6.77. The van der Waals surface area contributed by atoms with Crippen LogP contribution in [0.25, 0.3) is 0 Å². The maximum absolute atomic E-state index is 12.9. The third-order valence-electron chi connectivity index (χ3n) is 5.62. The molecule has 0 saturated carbocycles. The first kappa shape index (κ1) is 23.2. The van der Waals surface area contributed by atoms with Crippen molar-refractivity contribution in [2.24, 2.45) is 0 Å². The van der Waals surface area contributed by atoms with Crippen molar-refractivity contribution < 1.29 is 19.2 Å². The second-order valence-electron chi connectivity index (χ2n) is 8.36. The summed E-state index contributed by atoms with van der Waals surface area (Å²) in [4.78, 5) is 53.1. The van der Waals surface area contributed by atoms with Crippen LogP contribution in [-0.4, -0.2) is 53.6 Å². The number of amides is 4. The highest BCUT2D eigenvalue weighted by atomic mass is 16.2. The molecule has 0 aliphatic carbocycles. The smallest absolute Gasteiger partial charge is 0.261 e. The molecule has 1 heterocycles. The molecule has 0 unspecified atom stereocenters. The predicted octanol–water partition coefficient (Wildman–Crippen LogP) is 3.72. The van der Waals surface area contributed by atoms with Crippen molar-refractivity contribution in [2.75, 3.05) is 25.5 Å². The van der Waals surface area contributed by atoms with E-state index in [1.54, 1.807) is 0 Å². The van der Waals surface area contributed by atoms with Crippen molar-refractivity contribution in [1.29, 1.82) is 0 Å². The Hall–Kier alpha value is -3.48. The molecule has 0 saturated heterocycles. The number of nitrogens with zero attached hydrogens (tertiary/aromatic N) is 2. The molecule has 0 fully saturated rings. The highest BCUT2D eigenvalue weighted by molar-refractivity contribution is 6.22. The summed E-state index contributed by atoms with van der Waals surface area (Å²) in [5, 5.41) is 2.88. The van der Waals surface area contributed by atoms with Crippen LogP contribution < -0.4 is 5.32 Å². The molecule has 7 heteroatoms. The van der Waals surface area contributed by atoms with E-state index in [2.05, 4.69) is 5.32 Å². The summed E-state index contributed by atoms with van der Waals surface area (Å²) in [5.41, 5.74) is 4.59. The average Bonchev–Trinajstić information content (AvgIpc) is 2.98. The van der Waals surface area contributed by atoms with E-state index < -0.39 is 5.91 Å². The molecule has 1 N–H and O–H groups in total. The summed E-state index contributed by atoms with van der Waals surface area (Å²) in [7, 11) is 1.53. The molecular weight excluding hydrogens is 406 g/mol. The third kappa shape index (κ3) is 4.56. The molecule has 1 aliphatic rings. The number of aryl methyl sites for hydroxylation is 3. The van der Waals surface area contributed by atoms with E-state index >= 15 is 0 Å². The molecule has 168 valence electrons. The van der Waals surface area contributed by atoms with Gasteiger partial charge in [0.25, 0.3) is 17.7 Å². The van der Waals surface area contributed by atoms with Gasteiger partial charge in [-0.15, -0.1) is 0 Å². The summed E-state index contributed by atoms with van der Waals surface area (Å²) in [6.07, 6.45) is 1.60. The fourth-order valence-electron chi connectivity index (χ4n) is 4.01. The Balaban J connectivity index is 1.71. The Morgan fingerprint density at radius 1 is 0.969 bits per heavy atom. The van der Waals surface area contributed by atoms with Crippen LogP contribution in [0.3, 0.4) is 0 Å². The molecule has 1 aliphatic heterocycles. The number of hydrogen-bond acceptors (Lipinski definition) is 4. The quantitative estimate of drug-likeness (QED) is 0.672. The molecule has 32 heavy (non-hydrogen) atoms. The van der Waals surface area contributed by atoms with Gasteiger partial charge < -0.3 is 10.2 Å². The molecule has 3 rings (SSSR count). The van der Waals surface area contributed by atoms with Crippen LogP contribution in [0.5, 0.6) is 0 Å². The molecule has 0 atom stereocenters. The standard InChI is InChI=1S/C25H29N3O4/c1-6-7-10-28-24(31)19-9-8-18(13-20(19)25(28)32)23(30)27(5)14-21(29)26-22-16(3)11-15(2)12-17(22)4/h8-9,11-13H,6-7,10,14H2,1-5H3,(H,26,29). The zero-order valence-corrected chi connectivity index (χ0v) is 19.2. The number of benzene rings is 2. The maximum Gasteiger partial charge on any atom is 0.261 e. The Morgan fingerprint density at radius 3 is 2.22 bits per heavy atom. The lowest BCUT2D eigenvalue weighted by Crippen LogP contribution is -2.35. The first-order valence-corrected chi connectivity index (χ1v) is 10.8. The maximum atomic E-state index is 12.9. The first-order valence-electron chi connectivity index (χ1n) is 10.8. The lowest BCUT2D eigenvalue weighted by atomic mass is 10.0. The fraction of sp³-hybridized carbons (Fsp3) is 0.360. The Morgan fingerprint density at radius 2 is 1.59 bits per heavy atom. The van der Waals surface area contributed by atoms with Gasteiger partial charge in [-0.1, -0.05) is 31.0 Å². The largest absolute Gasteiger partial charge is 0.332 e. The number of fused-ring (bicyclic) bond motifs is 1. The first-order chi connectivity index (χ1) is 15.1. The average molecular weight is 436 g/mol. The third-order valence-corrected chi connectivity index (χ3v) is 5.62. The van der Waals surface area contributed by atoms with Gasteiger partial charge in [0.05, 0.1) is 17.7 Å². The zero-order valence-electron chi connectivity index (χ0n) is 19.2. The van der Waals surface area contributed by atoms with E-state index in [9.17, 15) is 19.2 Å². The van der Waals surface area contributed by atoms with Crippen molar-refractivity contribution in [3.63, 3.8) is 0 Å². The van der Waals surface area contributed by atoms with Gasteiger partial charge in [0, 0.05) is 24.8 Å². The van der Waals surface area contributed by atoms with E-state index in [-0.39, 0.29) is 35.4 Å². The number of anilines is 1. The van der Waals surface area contributed by atoms with Crippen molar-refractivity contribution in [1.82, 2.24) is 9.80 Å². The van der Waals surface area contributed by atoms with Gasteiger partial charge in [-0.3, -0.25) is 24.1 Å². The normalized spacial score (nSPS) is 12.7. The van der Waals surface area contributed by atoms with Crippen LogP contribution in [0.4, 0.5) is 5.69 Å². The van der Waals surface area contributed by atoms with E-state index in [0.29, 0.717) is 12.1 Å². The highest BCUT2D eigenvalue weighted by Gasteiger charge is 2.35. The van der Waals surface area contributed by atoms with Gasteiger partial charge in [-0.05, 0) is 56.5 Å². The molecule has 7 nitrogen and oxygen atoms in total. The minimum atomic E-state index is -0.396. The minimum absolute atomic E-state index is 0.141. The fourth-order valence-corrected chi connectivity index (χ4v) is 4.01. The van der Waals surface area contributed by atoms with Gasteiger partial charge in [-0.2, -0.15) is 0 Å². The number of rotatable bonds is 7. The van der Waals surface area contributed by atoms with Crippen LogP contribution in [0.1, 0.15) is 67.5 Å². The number of hydrogen-bond donors (Lipinski definition) is 1. The van der Waals surface area contributed by atoms with Gasteiger partial charge in [0.15, 0.2) is 0 Å². The van der Waals surface area contributed by atoms with E-state index in [0.717, 1.165) is 35.2 Å². The van der Waals surface area contributed by atoms with Crippen molar-refractivity contribution >= 4 is 29.3 Å². The predicted molar refractivity (Wildman–Crippen MR) is 123 cm³/mol. The number of carbonyl (C=O) groups is 4. The van der Waals surface area contributed by atoms with E-state index in [1.807, 2.05) is 39.8 Å². The van der Waals surface area contributed by atoms with Crippen molar-refractivity contribution in [2.45, 2.75) is 40.5 Å². The van der Waals surface area contributed by atoms with Gasteiger partial charge >= 0.3 is 0 Å². The monoisotopic (exact) mass is 435 g/mol. The lowest BCUT2D eigenvalue weighted by molar-refractivity contribution is -0.116. The molecule has 0 spiro atoms.